The normalized spacial score (nSPS) is 14.6. The van der Waals surface area contributed by atoms with Gasteiger partial charge in [-0.25, -0.2) is 4.79 Å². The lowest BCUT2D eigenvalue weighted by Crippen LogP contribution is -2.47. The standard InChI is InChI=1S/C25H35N3O3/c1-4-27(5-2)23-13-15-28(16-14-23)25(29)26-22-8-6-7-21(17-22)19-31-18-20-9-11-24(30-3)12-10-20/h6-12,17,23H,4-5,13-16,18-19H2,1-3H3,(H,26,29). The van der Waals surface area contributed by atoms with Crippen molar-refractivity contribution >= 4 is 11.7 Å². The molecule has 0 atom stereocenters. The Kier molecular flexibility index (Phi) is 8.74. The number of urea groups is 1. The predicted molar refractivity (Wildman–Crippen MR) is 124 cm³/mol. The predicted octanol–water partition coefficient (Wildman–Crippen LogP) is 4.75. The van der Waals surface area contributed by atoms with E-state index in [9.17, 15) is 4.79 Å². The van der Waals surface area contributed by atoms with Crippen LogP contribution in [-0.4, -0.2) is 55.2 Å². The number of methoxy groups -OCH3 is 1. The molecule has 0 unspecified atom stereocenters. The summed E-state index contributed by atoms with van der Waals surface area (Å²) in [4.78, 5) is 17.1. The van der Waals surface area contributed by atoms with Crippen molar-refractivity contribution in [3.63, 3.8) is 0 Å². The third-order valence-corrected chi connectivity index (χ3v) is 5.96. The minimum absolute atomic E-state index is 0.0192. The third kappa shape index (κ3) is 6.71. The van der Waals surface area contributed by atoms with E-state index in [1.54, 1.807) is 7.11 Å². The molecule has 0 aliphatic carbocycles. The molecule has 1 fully saturated rings. The highest BCUT2D eigenvalue weighted by molar-refractivity contribution is 5.89. The van der Waals surface area contributed by atoms with Gasteiger partial charge >= 0.3 is 6.03 Å². The lowest BCUT2D eigenvalue weighted by atomic mass is 10.0. The van der Waals surface area contributed by atoms with Crippen LogP contribution in [0, 0.1) is 0 Å². The number of rotatable bonds is 9. The number of benzene rings is 2. The Bertz CT molecular complexity index is 813. The molecule has 0 radical (unpaired) electrons. The summed E-state index contributed by atoms with van der Waals surface area (Å²) in [6.07, 6.45) is 2.07. The van der Waals surface area contributed by atoms with Crippen LogP contribution >= 0.6 is 0 Å². The highest BCUT2D eigenvalue weighted by Crippen LogP contribution is 2.19. The van der Waals surface area contributed by atoms with Crippen molar-refractivity contribution < 1.29 is 14.3 Å². The van der Waals surface area contributed by atoms with Crippen LogP contribution in [0.1, 0.15) is 37.8 Å². The Labute approximate surface area is 186 Å². The molecule has 6 nitrogen and oxygen atoms in total. The van der Waals surface area contributed by atoms with Gasteiger partial charge in [0, 0.05) is 24.8 Å². The molecule has 2 aromatic rings. The summed E-state index contributed by atoms with van der Waals surface area (Å²) >= 11 is 0. The van der Waals surface area contributed by atoms with Crippen LogP contribution in [0.25, 0.3) is 0 Å². The Morgan fingerprint density at radius 2 is 1.71 bits per heavy atom. The van der Waals surface area contributed by atoms with Crippen LogP contribution in [-0.2, 0) is 18.0 Å². The van der Waals surface area contributed by atoms with Crippen molar-refractivity contribution in [2.45, 2.75) is 45.9 Å². The van der Waals surface area contributed by atoms with E-state index in [-0.39, 0.29) is 6.03 Å². The van der Waals surface area contributed by atoms with Crippen molar-refractivity contribution in [2.75, 3.05) is 38.6 Å². The quantitative estimate of drug-likeness (QED) is 0.630. The number of nitrogens with zero attached hydrogens (tertiary/aromatic N) is 2. The van der Waals surface area contributed by atoms with Crippen LogP contribution in [0.4, 0.5) is 10.5 Å². The maximum absolute atomic E-state index is 12.7. The summed E-state index contributed by atoms with van der Waals surface area (Å²) < 4.78 is 11.0. The number of hydrogen-bond acceptors (Lipinski definition) is 4. The highest BCUT2D eigenvalue weighted by Gasteiger charge is 2.25. The molecule has 0 bridgehead atoms. The highest BCUT2D eigenvalue weighted by atomic mass is 16.5. The zero-order valence-corrected chi connectivity index (χ0v) is 19.0. The smallest absolute Gasteiger partial charge is 0.321 e. The number of hydrogen-bond donors (Lipinski definition) is 1. The number of amides is 2. The summed E-state index contributed by atoms with van der Waals surface area (Å²) in [7, 11) is 1.66. The fourth-order valence-electron chi connectivity index (χ4n) is 4.12. The lowest BCUT2D eigenvalue weighted by molar-refractivity contribution is 0.107. The largest absolute Gasteiger partial charge is 0.497 e. The first kappa shape index (κ1) is 23.1. The van der Waals surface area contributed by atoms with Gasteiger partial charge in [-0.15, -0.1) is 0 Å². The van der Waals surface area contributed by atoms with Crippen LogP contribution in [0.3, 0.4) is 0 Å². The van der Waals surface area contributed by atoms with E-state index >= 15 is 0 Å². The van der Waals surface area contributed by atoms with Crippen molar-refractivity contribution in [3.05, 3.63) is 59.7 Å². The summed E-state index contributed by atoms with van der Waals surface area (Å²) in [5.74, 6) is 0.837. The molecule has 0 saturated carbocycles. The van der Waals surface area contributed by atoms with Crippen molar-refractivity contribution in [3.8, 4) is 5.75 Å². The first-order valence-electron chi connectivity index (χ1n) is 11.2. The molecule has 6 heteroatoms. The summed E-state index contributed by atoms with van der Waals surface area (Å²) in [5.41, 5.74) is 2.94. The second-order valence-electron chi connectivity index (χ2n) is 7.91. The molecule has 0 spiro atoms. The first-order valence-corrected chi connectivity index (χ1v) is 11.2. The lowest BCUT2D eigenvalue weighted by Gasteiger charge is -2.37. The molecular weight excluding hydrogens is 390 g/mol. The number of ether oxygens (including phenoxy) is 2. The Morgan fingerprint density at radius 3 is 2.35 bits per heavy atom. The number of carbonyl (C=O) groups is 1. The number of likely N-dealkylation sites (tertiary alicyclic amines) is 1. The molecule has 2 aromatic carbocycles. The van der Waals surface area contributed by atoms with Gasteiger partial charge in [-0.05, 0) is 61.3 Å². The molecular formula is C25H35N3O3. The summed E-state index contributed by atoms with van der Waals surface area (Å²) in [5, 5.41) is 3.05. The van der Waals surface area contributed by atoms with Gasteiger partial charge in [0.2, 0.25) is 0 Å². The summed E-state index contributed by atoms with van der Waals surface area (Å²) in [6, 6.07) is 16.3. The van der Waals surface area contributed by atoms with Gasteiger partial charge in [-0.1, -0.05) is 38.1 Å². The summed E-state index contributed by atoms with van der Waals surface area (Å²) in [6.45, 7) is 9.18. The first-order chi connectivity index (χ1) is 15.1. The van der Waals surface area contributed by atoms with Gasteiger partial charge in [-0.2, -0.15) is 0 Å². The zero-order valence-electron chi connectivity index (χ0n) is 19.0. The van der Waals surface area contributed by atoms with Gasteiger partial charge in [0.15, 0.2) is 0 Å². The fourth-order valence-corrected chi connectivity index (χ4v) is 4.12. The van der Waals surface area contributed by atoms with E-state index in [0.29, 0.717) is 19.3 Å². The van der Waals surface area contributed by atoms with Crippen LogP contribution in [0.2, 0.25) is 0 Å². The zero-order chi connectivity index (χ0) is 22.1. The Balaban J connectivity index is 1.46. The topological polar surface area (TPSA) is 54.0 Å². The average Bonchev–Trinajstić information content (AvgIpc) is 2.81. The van der Waals surface area contributed by atoms with E-state index < -0.39 is 0 Å². The van der Waals surface area contributed by atoms with Crippen molar-refractivity contribution in [1.82, 2.24) is 9.80 Å². The van der Waals surface area contributed by atoms with E-state index in [2.05, 4.69) is 24.1 Å². The van der Waals surface area contributed by atoms with Gasteiger partial charge in [-0.3, -0.25) is 0 Å². The maximum Gasteiger partial charge on any atom is 0.321 e. The van der Waals surface area contributed by atoms with Crippen LogP contribution in [0.5, 0.6) is 5.75 Å². The molecule has 1 aliphatic rings. The monoisotopic (exact) mass is 425 g/mol. The number of carbonyl (C=O) groups excluding carboxylic acids is 1. The number of piperidine rings is 1. The van der Waals surface area contributed by atoms with Gasteiger partial charge in [0.1, 0.15) is 5.75 Å². The van der Waals surface area contributed by atoms with Gasteiger partial charge < -0.3 is 24.6 Å². The molecule has 168 valence electrons. The van der Waals surface area contributed by atoms with E-state index in [1.165, 1.54) is 0 Å². The number of nitrogens with one attached hydrogen (secondary N) is 1. The van der Waals surface area contributed by atoms with Crippen LogP contribution < -0.4 is 10.1 Å². The molecule has 1 aliphatic heterocycles. The molecule has 31 heavy (non-hydrogen) atoms. The second-order valence-corrected chi connectivity index (χ2v) is 7.91. The van der Waals surface area contributed by atoms with Gasteiger partial charge in [0.25, 0.3) is 0 Å². The SMILES string of the molecule is CCN(CC)C1CCN(C(=O)Nc2cccc(COCc3ccc(OC)cc3)c2)CC1. The van der Waals surface area contributed by atoms with E-state index in [0.717, 1.165) is 61.6 Å². The van der Waals surface area contributed by atoms with Gasteiger partial charge in [0.05, 0.1) is 20.3 Å². The third-order valence-electron chi connectivity index (χ3n) is 5.96. The van der Waals surface area contributed by atoms with Crippen molar-refractivity contribution in [1.29, 1.82) is 0 Å². The minimum Gasteiger partial charge on any atom is -0.497 e. The number of anilines is 1. The Morgan fingerprint density at radius 1 is 1.03 bits per heavy atom. The Hall–Kier alpha value is -2.57. The molecule has 1 heterocycles. The fraction of sp³-hybridized carbons (Fsp3) is 0.480. The molecule has 1 saturated heterocycles. The second kappa shape index (κ2) is 11.7. The molecule has 0 aromatic heterocycles. The average molecular weight is 426 g/mol. The molecule has 1 N–H and O–H groups in total. The van der Waals surface area contributed by atoms with Crippen molar-refractivity contribution in [2.24, 2.45) is 0 Å². The maximum atomic E-state index is 12.7. The van der Waals surface area contributed by atoms with E-state index in [4.69, 9.17) is 9.47 Å². The van der Waals surface area contributed by atoms with Crippen LogP contribution in [0.15, 0.2) is 48.5 Å². The molecule has 2 amide bonds. The molecule has 3 rings (SSSR count). The minimum atomic E-state index is -0.0192. The van der Waals surface area contributed by atoms with E-state index in [1.807, 2.05) is 53.4 Å².